The fraction of sp³-hybridized carbons (Fsp3) is 0.375. The third-order valence-corrected chi connectivity index (χ3v) is 6.15. The molecule has 0 radical (unpaired) electrons. The van der Waals surface area contributed by atoms with Crippen LogP contribution in [0.15, 0.2) is 57.5 Å². The Morgan fingerprint density at radius 3 is 2.67 bits per heavy atom. The summed E-state index contributed by atoms with van der Waals surface area (Å²) < 4.78 is 6.57. The van der Waals surface area contributed by atoms with Crippen molar-refractivity contribution in [2.75, 3.05) is 13.1 Å². The molecule has 1 atom stereocenters. The summed E-state index contributed by atoms with van der Waals surface area (Å²) in [6, 6.07) is 15.9. The molecular weight excluding hydrogens is 442 g/mol. The number of nitrogens with zero attached hydrogens (tertiary/aromatic N) is 3. The van der Waals surface area contributed by atoms with E-state index in [9.17, 15) is 4.79 Å². The summed E-state index contributed by atoms with van der Waals surface area (Å²) in [5, 5.41) is 4.15. The number of likely N-dealkylation sites (tertiary alicyclic amines) is 1. The van der Waals surface area contributed by atoms with Gasteiger partial charge in [-0.15, -0.1) is 0 Å². The molecular formula is C24H26BrN3O2. The second-order valence-corrected chi connectivity index (χ2v) is 8.77. The summed E-state index contributed by atoms with van der Waals surface area (Å²) in [5.74, 6) is 1.35. The van der Waals surface area contributed by atoms with Gasteiger partial charge in [0.1, 0.15) is 0 Å². The standard InChI is InChI=1S/C24H26BrN3O2/c1-2-3-5-17-7-9-19(10-8-17)24(29)28-15-4-6-20(16-28)23-26-22(27-30-23)18-11-13-21(25)14-12-18/h7-14,20H,2-6,15-16H2,1H3. The second kappa shape index (κ2) is 9.56. The normalized spacial score (nSPS) is 16.6. The second-order valence-electron chi connectivity index (χ2n) is 7.85. The molecule has 30 heavy (non-hydrogen) atoms. The van der Waals surface area contributed by atoms with Crippen LogP contribution >= 0.6 is 15.9 Å². The van der Waals surface area contributed by atoms with Crippen molar-refractivity contribution in [3.05, 3.63) is 70.0 Å². The Morgan fingerprint density at radius 2 is 1.93 bits per heavy atom. The van der Waals surface area contributed by atoms with Crippen molar-refractivity contribution in [2.24, 2.45) is 0 Å². The van der Waals surface area contributed by atoms with E-state index in [2.05, 4.69) is 45.1 Å². The summed E-state index contributed by atoms with van der Waals surface area (Å²) in [5.41, 5.74) is 2.95. The van der Waals surface area contributed by atoms with Crippen LogP contribution < -0.4 is 0 Å². The van der Waals surface area contributed by atoms with E-state index in [4.69, 9.17) is 4.52 Å². The van der Waals surface area contributed by atoms with E-state index < -0.39 is 0 Å². The Morgan fingerprint density at radius 1 is 1.17 bits per heavy atom. The van der Waals surface area contributed by atoms with E-state index in [-0.39, 0.29) is 11.8 Å². The number of benzene rings is 2. The molecule has 5 nitrogen and oxygen atoms in total. The van der Waals surface area contributed by atoms with E-state index in [1.165, 1.54) is 18.4 Å². The lowest BCUT2D eigenvalue weighted by atomic mass is 9.97. The van der Waals surface area contributed by atoms with Gasteiger partial charge in [-0.25, -0.2) is 0 Å². The molecule has 3 aromatic rings. The van der Waals surface area contributed by atoms with E-state index in [1.54, 1.807) is 0 Å². The van der Waals surface area contributed by atoms with Gasteiger partial charge < -0.3 is 9.42 Å². The molecule has 1 aliphatic heterocycles. The molecule has 1 amide bonds. The number of carbonyl (C=O) groups is 1. The summed E-state index contributed by atoms with van der Waals surface area (Å²) in [6.45, 7) is 3.56. The molecule has 2 heterocycles. The average Bonchev–Trinajstić information content (AvgIpc) is 3.28. The largest absolute Gasteiger partial charge is 0.339 e. The number of aromatic nitrogens is 2. The quantitative estimate of drug-likeness (QED) is 0.455. The first-order valence-electron chi connectivity index (χ1n) is 10.6. The smallest absolute Gasteiger partial charge is 0.253 e. The molecule has 6 heteroatoms. The van der Waals surface area contributed by atoms with Crippen molar-refractivity contribution in [3.8, 4) is 11.4 Å². The molecule has 1 saturated heterocycles. The fourth-order valence-corrected chi connectivity index (χ4v) is 4.12. The minimum atomic E-state index is 0.0724. The Hall–Kier alpha value is -2.47. The van der Waals surface area contributed by atoms with Crippen LogP contribution in [-0.2, 0) is 6.42 Å². The topological polar surface area (TPSA) is 59.2 Å². The van der Waals surface area contributed by atoms with Crippen LogP contribution in [-0.4, -0.2) is 34.0 Å². The van der Waals surface area contributed by atoms with E-state index in [0.717, 1.165) is 41.4 Å². The molecule has 0 spiro atoms. The first kappa shape index (κ1) is 20.8. The maximum Gasteiger partial charge on any atom is 0.253 e. The highest BCUT2D eigenvalue weighted by Crippen LogP contribution is 2.29. The number of rotatable bonds is 6. The fourth-order valence-electron chi connectivity index (χ4n) is 3.86. The van der Waals surface area contributed by atoms with Gasteiger partial charge in [0.25, 0.3) is 5.91 Å². The van der Waals surface area contributed by atoms with Crippen molar-refractivity contribution in [2.45, 2.75) is 44.9 Å². The Bertz CT molecular complexity index is 982. The SMILES string of the molecule is CCCCc1ccc(C(=O)N2CCCC(c3nc(-c4ccc(Br)cc4)no3)C2)cc1. The van der Waals surface area contributed by atoms with Gasteiger partial charge >= 0.3 is 0 Å². The molecule has 0 bridgehead atoms. The van der Waals surface area contributed by atoms with E-state index >= 15 is 0 Å². The zero-order valence-corrected chi connectivity index (χ0v) is 18.8. The molecule has 156 valence electrons. The van der Waals surface area contributed by atoms with Crippen LogP contribution in [0.2, 0.25) is 0 Å². The van der Waals surface area contributed by atoms with Gasteiger partial charge in [0, 0.05) is 28.7 Å². The number of halogens is 1. The highest BCUT2D eigenvalue weighted by atomic mass is 79.9. The van der Waals surface area contributed by atoms with Crippen molar-refractivity contribution in [1.82, 2.24) is 15.0 Å². The van der Waals surface area contributed by atoms with Crippen molar-refractivity contribution in [1.29, 1.82) is 0 Å². The number of amides is 1. The molecule has 4 rings (SSSR count). The molecule has 2 aromatic carbocycles. The van der Waals surface area contributed by atoms with Gasteiger partial charge in [-0.05, 0) is 67.6 Å². The van der Waals surface area contributed by atoms with Crippen molar-refractivity contribution >= 4 is 21.8 Å². The third-order valence-electron chi connectivity index (χ3n) is 5.62. The van der Waals surface area contributed by atoms with Gasteiger partial charge in [0.05, 0.1) is 5.92 Å². The van der Waals surface area contributed by atoms with Crippen LogP contribution in [0.5, 0.6) is 0 Å². The first-order valence-corrected chi connectivity index (χ1v) is 11.4. The summed E-state index contributed by atoms with van der Waals surface area (Å²) in [4.78, 5) is 19.5. The minimum absolute atomic E-state index is 0.0724. The zero-order valence-electron chi connectivity index (χ0n) is 17.2. The van der Waals surface area contributed by atoms with Crippen molar-refractivity contribution < 1.29 is 9.32 Å². The van der Waals surface area contributed by atoms with Gasteiger partial charge in [0.2, 0.25) is 11.7 Å². The minimum Gasteiger partial charge on any atom is -0.339 e. The van der Waals surface area contributed by atoms with Gasteiger partial charge in [0.15, 0.2) is 0 Å². The van der Waals surface area contributed by atoms with E-state index in [0.29, 0.717) is 18.3 Å². The van der Waals surface area contributed by atoms with Crippen LogP contribution in [0.4, 0.5) is 0 Å². The lowest BCUT2D eigenvalue weighted by Crippen LogP contribution is -2.39. The lowest BCUT2D eigenvalue weighted by molar-refractivity contribution is 0.0695. The van der Waals surface area contributed by atoms with Crippen molar-refractivity contribution in [3.63, 3.8) is 0 Å². The number of carbonyl (C=O) groups excluding carboxylic acids is 1. The van der Waals surface area contributed by atoms with Gasteiger partial charge in [-0.3, -0.25) is 4.79 Å². The predicted octanol–water partition coefficient (Wildman–Crippen LogP) is 5.86. The lowest BCUT2D eigenvalue weighted by Gasteiger charge is -2.31. The molecule has 0 saturated carbocycles. The average molecular weight is 468 g/mol. The molecule has 1 fully saturated rings. The molecule has 1 aliphatic rings. The summed E-state index contributed by atoms with van der Waals surface area (Å²) >= 11 is 3.44. The highest BCUT2D eigenvalue weighted by Gasteiger charge is 2.29. The summed E-state index contributed by atoms with van der Waals surface area (Å²) in [7, 11) is 0. The maximum atomic E-state index is 13.0. The Labute approximate surface area is 185 Å². The Balaban J connectivity index is 1.43. The molecule has 0 N–H and O–H groups in total. The first-order chi connectivity index (χ1) is 14.6. The van der Waals surface area contributed by atoms with Crippen LogP contribution in [0.3, 0.4) is 0 Å². The number of hydrogen-bond donors (Lipinski definition) is 0. The Kier molecular flexibility index (Phi) is 6.62. The monoisotopic (exact) mass is 467 g/mol. The van der Waals surface area contributed by atoms with Crippen LogP contribution in [0.25, 0.3) is 11.4 Å². The number of piperidine rings is 1. The maximum absolute atomic E-state index is 13.0. The third kappa shape index (κ3) is 4.81. The highest BCUT2D eigenvalue weighted by molar-refractivity contribution is 9.10. The molecule has 0 aliphatic carbocycles. The predicted molar refractivity (Wildman–Crippen MR) is 120 cm³/mol. The summed E-state index contributed by atoms with van der Waals surface area (Å²) in [6.07, 6.45) is 5.29. The van der Waals surface area contributed by atoms with Crippen LogP contribution in [0, 0.1) is 0 Å². The van der Waals surface area contributed by atoms with Crippen LogP contribution in [0.1, 0.15) is 60.3 Å². The number of aryl methyl sites for hydroxylation is 1. The van der Waals surface area contributed by atoms with E-state index in [1.807, 2.05) is 41.3 Å². The molecule has 1 unspecified atom stereocenters. The van der Waals surface area contributed by atoms with Gasteiger partial charge in [-0.2, -0.15) is 4.98 Å². The number of hydrogen-bond acceptors (Lipinski definition) is 4. The molecule has 1 aromatic heterocycles. The zero-order chi connectivity index (χ0) is 20.9. The van der Waals surface area contributed by atoms with Gasteiger partial charge in [-0.1, -0.05) is 46.6 Å². The number of unbranched alkanes of at least 4 members (excludes halogenated alkanes) is 1.